The first-order chi connectivity index (χ1) is 7.22. The van der Waals surface area contributed by atoms with E-state index in [9.17, 15) is 4.39 Å². The Labute approximate surface area is 87.4 Å². The number of aliphatic hydroxyl groups excluding tert-OH is 1. The Balaban J connectivity index is 2.26. The number of hydrogen-bond acceptors (Lipinski definition) is 3. The standard InChI is InChI=1S/C11H13FO3/c1-7-14-10(6-13)11(15-7)8-4-2-3-5-9(8)12/h2-5,7,10-11,13H,6H2,1H3. The first kappa shape index (κ1) is 10.5. The van der Waals surface area contributed by atoms with Crippen LogP contribution in [0.1, 0.15) is 18.6 Å². The van der Waals surface area contributed by atoms with Gasteiger partial charge in [0.25, 0.3) is 0 Å². The summed E-state index contributed by atoms with van der Waals surface area (Å²) < 4.78 is 24.2. The van der Waals surface area contributed by atoms with Crippen LogP contribution >= 0.6 is 0 Å². The highest BCUT2D eigenvalue weighted by Gasteiger charge is 2.35. The summed E-state index contributed by atoms with van der Waals surface area (Å²) in [6.07, 6.45) is -1.42. The van der Waals surface area contributed by atoms with E-state index in [0.717, 1.165) is 0 Å². The molecule has 3 nitrogen and oxygen atoms in total. The van der Waals surface area contributed by atoms with Crippen LogP contribution in [0.2, 0.25) is 0 Å². The Morgan fingerprint density at radius 2 is 2.07 bits per heavy atom. The highest BCUT2D eigenvalue weighted by molar-refractivity contribution is 5.21. The average Bonchev–Trinajstić information content (AvgIpc) is 2.60. The van der Waals surface area contributed by atoms with E-state index in [-0.39, 0.29) is 12.4 Å². The Morgan fingerprint density at radius 1 is 1.33 bits per heavy atom. The molecule has 1 aromatic rings. The van der Waals surface area contributed by atoms with Crippen LogP contribution in [0.25, 0.3) is 0 Å². The van der Waals surface area contributed by atoms with Gasteiger partial charge in [-0.25, -0.2) is 4.39 Å². The Kier molecular flexibility index (Phi) is 3.00. The Hall–Kier alpha value is -0.970. The van der Waals surface area contributed by atoms with Crippen molar-refractivity contribution in [1.29, 1.82) is 0 Å². The van der Waals surface area contributed by atoms with Crippen molar-refractivity contribution < 1.29 is 19.0 Å². The van der Waals surface area contributed by atoms with E-state index in [2.05, 4.69) is 0 Å². The molecule has 4 heteroatoms. The van der Waals surface area contributed by atoms with E-state index < -0.39 is 18.5 Å². The second-order valence-corrected chi connectivity index (χ2v) is 3.50. The van der Waals surface area contributed by atoms with Crippen molar-refractivity contribution in [2.45, 2.75) is 25.4 Å². The number of aliphatic hydroxyl groups is 1. The summed E-state index contributed by atoms with van der Waals surface area (Å²) in [5.41, 5.74) is 0.431. The number of hydrogen-bond donors (Lipinski definition) is 1. The van der Waals surface area contributed by atoms with E-state index in [0.29, 0.717) is 5.56 Å². The minimum atomic E-state index is -0.522. The van der Waals surface area contributed by atoms with Gasteiger partial charge in [-0.15, -0.1) is 0 Å². The first-order valence-electron chi connectivity index (χ1n) is 4.88. The van der Waals surface area contributed by atoms with E-state index >= 15 is 0 Å². The molecule has 1 aliphatic rings. The molecule has 1 aromatic carbocycles. The third kappa shape index (κ3) is 2.02. The second kappa shape index (κ2) is 4.26. The normalized spacial score (nSPS) is 30.7. The van der Waals surface area contributed by atoms with Gasteiger partial charge < -0.3 is 14.6 Å². The van der Waals surface area contributed by atoms with Crippen LogP contribution in [-0.4, -0.2) is 24.1 Å². The molecule has 3 unspecified atom stereocenters. The number of ether oxygens (including phenoxy) is 2. The van der Waals surface area contributed by atoms with Gasteiger partial charge in [0, 0.05) is 5.56 Å². The van der Waals surface area contributed by atoms with Crippen molar-refractivity contribution in [2.24, 2.45) is 0 Å². The van der Waals surface area contributed by atoms with E-state index in [4.69, 9.17) is 14.6 Å². The third-order valence-corrected chi connectivity index (χ3v) is 2.43. The summed E-state index contributed by atoms with van der Waals surface area (Å²) in [5.74, 6) is -0.335. The molecule has 0 amide bonds. The maximum absolute atomic E-state index is 13.5. The summed E-state index contributed by atoms with van der Waals surface area (Å²) in [5, 5.41) is 9.08. The molecule has 3 atom stereocenters. The zero-order valence-electron chi connectivity index (χ0n) is 8.39. The molecule has 15 heavy (non-hydrogen) atoms. The lowest BCUT2D eigenvalue weighted by atomic mass is 10.0. The predicted octanol–water partition coefficient (Wildman–Crippen LogP) is 1.62. The molecule has 1 N–H and O–H groups in total. The molecule has 82 valence electrons. The molecule has 1 heterocycles. The summed E-state index contributed by atoms with van der Waals surface area (Å²) in [4.78, 5) is 0. The molecule has 1 fully saturated rings. The number of benzene rings is 1. The van der Waals surface area contributed by atoms with E-state index in [1.807, 2.05) is 0 Å². The van der Waals surface area contributed by atoms with E-state index in [1.54, 1.807) is 25.1 Å². The van der Waals surface area contributed by atoms with Crippen molar-refractivity contribution in [2.75, 3.05) is 6.61 Å². The lowest BCUT2D eigenvalue weighted by Crippen LogP contribution is -2.20. The van der Waals surface area contributed by atoms with Crippen molar-refractivity contribution >= 4 is 0 Å². The molecular formula is C11H13FO3. The summed E-state index contributed by atoms with van der Waals surface area (Å²) in [7, 11) is 0. The largest absolute Gasteiger partial charge is 0.394 e. The second-order valence-electron chi connectivity index (χ2n) is 3.50. The van der Waals surface area contributed by atoms with Crippen LogP contribution in [0.4, 0.5) is 4.39 Å². The first-order valence-corrected chi connectivity index (χ1v) is 4.88. The maximum atomic E-state index is 13.5. The average molecular weight is 212 g/mol. The molecule has 0 radical (unpaired) electrons. The fourth-order valence-electron chi connectivity index (χ4n) is 1.76. The molecule has 0 bridgehead atoms. The Morgan fingerprint density at radius 3 is 2.73 bits per heavy atom. The fraction of sp³-hybridized carbons (Fsp3) is 0.455. The van der Waals surface area contributed by atoms with Crippen LogP contribution < -0.4 is 0 Å². The quantitative estimate of drug-likeness (QED) is 0.809. The van der Waals surface area contributed by atoms with Crippen LogP contribution in [0.3, 0.4) is 0 Å². The van der Waals surface area contributed by atoms with Gasteiger partial charge in [0.1, 0.15) is 18.0 Å². The zero-order valence-corrected chi connectivity index (χ0v) is 8.39. The molecule has 0 saturated carbocycles. The van der Waals surface area contributed by atoms with Gasteiger partial charge in [-0.3, -0.25) is 0 Å². The molecule has 0 aliphatic carbocycles. The monoisotopic (exact) mass is 212 g/mol. The third-order valence-electron chi connectivity index (χ3n) is 2.43. The van der Waals surface area contributed by atoms with Crippen LogP contribution in [-0.2, 0) is 9.47 Å². The molecule has 1 aliphatic heterocycles. The smallest absolute Gasteiger partial charge is 0.156 e. The van der Waals surface area contributed by atoms with Crippen molar-refractivity contribution in [3.05, 3.63) is 35.6 Å². The van der Waals surface area contributed by atoms with Gasteiger partial charge in [0.05, 0.1) is 6.61 Å². The maximum Gasteiger partial charge on any atom is 0.156 e. The minimum Gasteiger partial charge on any atom is -0.394 e. The molecule has 2 rings (SSSR count). The van der Waals surface area contributed by atoms with Crippen molar-refractivity contribution in [3.8, 4) is 0 Å². The van der Waals surface area contributed by atoms with Crippen LogP contribution in [0.15, 0.2) is 24.3 Å². The SMILES string of the molecule is CC1OC(CO)C(c2ccccc2F)O1. The fourth-order valence-corrected chi connectivity index (χ4v) is 1.76. The number of halogens is 1. The summed E-state index contributed by atoms with van der Waals surface area (Å²) in [6.45, 7) is 1.55. The van der Waals surface area contributed by atoms with Gasteiger partial charge in [0.2, 0.25) is 0 Å². The Bertz CT molecular complexity index is 342. The highest BCUT2D eigenvalue weighted by atomic mass is 19.1. The molecule has 1 saturated heterocycles. The lowest BCUT2D eigenvalue weighted by molar-refractivity contribution is -0.0565. The van der Waals surface area contributed by atoms with Gasteiger partial charge in [-0.2, -0.15) is 0 Å². The summed E-state index contributed by atoms with van der Waals surface area (Å²) in [6, 6.07) is 6.37. The molecular weight excluding hydrogens is 199 g/mol. The van der Waals surface area contributed by atoms with Gasteiger partial charge >= 0.3 is 0 Å². The molecule has 0 aromatic heterocycles. The predicted molar refractivity (Wildman–Crippen MR) is 51.6 cm³/mol. The van der Waals surface area contributed by atoms with Gasteiger partial charge in [-0.05, 0) is 13.0 Å². The van der Waals surface area contributed by atoms with Crippen molar-refractivity contribution in [3.63, 3.8) is 0 Å². The lowest BCUT2D eigenvalue weighted by Gasteiger charge is -2.15. The molecule has 0 spiro atoms. The van der Waals surface area contributed by atoms with Gasteiger partial charge in [0.15, 0.2) is 6.29 Å². The van der Waals surface area contributed by atoms with E-state index in [1.165, 1.54) is 6.07 Å². The van der Waals surface area contributed by atoms with Crippen LogP contribution in [0, 0.1) is 5.82 Å². The number of rotatable bonds is 2. The van der Waals surface area contributed by atoms with Crippen LogP contribution in [0.5, 0.6) is 0 Å². The van der Waals surface area contributed by atoms with Gasteiger partial charge in [-0.1, -0.05) is 18.2 Å². The highest BCUT2D eigenvalue weighted by Crippen LogP contribution is 2.33. The zero-order chi connectivity index (χ0) is 10.8. The van der Waals surface area contributed by atoms with Crippen molar-refractivity contribution in [1.82, 2.24) is 0 Å². The summed E-state index contributed by atoms with van der Waals surface area (Å²) >= 11 is 0. The minimum absolute atomic E-state index is 0.177. The topological polar surface area (TPSA) is 38.7 Å².